The first-order valence-electron chi connectivity index (χ1n) is 14.3. The zero-order valence-corrected chi connectivity index (χ0v) is 24.3. The van der Waals surface area contributed by atoms with Crippen molar-refractivity contribution in [3.8, 4) is 0 Å². The molecule has 2 aliphatic heterocycles. The number of amides is 2. The Morgan fingerprint density at radius 3 is 1.72 bits per heavy atom. The van der Waals surface area contributed by atoms with E-state index in [2.05, 4.69) is 0 Å². The average molecular weight is 637 g/mol. The number of hydrogen-bond donors (Lipinski definition) is 0. The van der Waals surface area contributed by atoms with Crippen molar-refractivity contribution in [1.82, 2.24) is 4.90 Å². The molecule has 0 N–H and O–H groups in total. The summed E-state index contributed by atoms with van der Waals surface area (Å²) in [6, 6.07) is 27.2. The van der Waals surface area contributed by atoms with Crippen LogP contribution in [0.15, 0.2) is 109 Å². The van der Waals surface area contributed by atoms with Gasteiger partial charge >= 0.3 is 17.9 Å². The number of benzene rings is 4. The van der Waals surface area contributed by atoms with Crippen LogP contribution in [-0.4, -0.2) is 70.7 Å². The number of hydrogen-bond acceptors (Lipinski definition) is 11. The van der Waals surface area contributed by atoms with E-state index in [1.165, 1.54) is 48.5 Å². The number of rotatable bonds is 9. The van der Waals surface area contributed by atoms with E-state index in [-0.39, 0.29) is 22.3 Å². The van der Waals surface area contributed by atoms with Crippen molar-refractivity contribution in [1.29, 1.82) is 0 Å². The SMILES string of the molecule is O=C(OC[C@H]1O[C@@H](N2C(=O)c3cccc([N+](=O)[O-])c3C2=O)[C@H](OC(=O)c2ccccc2)[C@@H]1OC(=O)c1ccccc1)c1ccccc1. The van der Waals surface area contributed by atoms with Crippen molar-refractivity contribution >= 4 is 35.4 Å². The number of ether oxygens (including phenoxy) is 4. The van der Waals surface area contributed by atoms with Crippen LogP contribution in [0.5, 0.6) is 0 Å². The average Bonchev–Trinajstić information content (AvgIpc) is 3.56. The van der Waals surface area contributed by atoms with Crippen LogP contribution in [0.4, 0.5) is 5.69 Å². The van der Waals surface area contributed by atoms with Crippen molar-refractivity contribution in [3.05, 3.63) is 147 Å². The third-order valence-corrected chi connectivity index (χ3v) is 7.55. The number of esters is 3. The van der Waals surface area contributed by atoms with Gasteiger partial charge in [-0.05, 0) is 42.5 Å². The summed E-state index contributed by atoms with van der Waals surface area (Å²) in [5, 5.41) is 11.8. The molecular weight excluding hydrogens is 612 g/mol. The van der Waals surface area contributed by atoms with Gasteiger partial charge in [0.2, 0.25) is 0 Å². The Hall–Kier alpha value is -6.21. The number of carbonyl (C=O) groups excluding carboxylic acids is 5. The minimum absolute atomic E-state index is 0.0938. The predicted octanol–water partition coefficient (Wildman–Crippen LogP) is 4.22. The molecule has 2 amide bonds. The van der Waals surface area contributed by atoms with Crippen molar-refractivity contribution in [2.45, 2.75) is 24.5 Å². The van der Waals surface area contributed by atoms with Crippen LogP contribution in [0.1, 0.15) is 51.8 Å². The Kier molecular flexibility index (Phi) is 8.54. The normalized spacial score (nSPS) is 20.0. The zero-order chi connectivity index (χ0) is 33.1. The molecule has 236 valence electrons. The van der Waals surface area contributed by atoms with E-state index in [9.17, 15) is 34.1 Å². The molecule has 4 aromatic rings. The maximum atomic E-state index is 13.7. The monoisotopic (exact) mass is 636 g/mol. The molecule has 0 spiro atoms. The molecular formula is C34H24N2O11. The first-order valence-corrected chi connectivity index (χ1v) is 14.3. The van der Waals surface area contributed by atoms with Crippen LogP contribution in [0.3, 0.4) is 0 Å². The zero-order valence-electron chi connectivity index (χ0n) is 24.3. The van der Waals surface area contributed by atoms with E-state index >= 15 is 0 Å². The summed E-state index contributed by atoms with van der Waals surface area (Å²) < 4.78 is 23.2. The van der Waals surface area contributed by atoms with Crippen LogP contribution in [0.25, 0.3) is 0 Å². The molecule has 47 heavy (non-hydrogen) atoms. The Bertz CT molecular complexity index is 1870. The summed E-state index contributed by atoms with van der Waals surface area (Å²) in [6.07, 6.45) is -6.29. The Morgan fingerprint density at radius 1 is 0.681 bits per heavy atom. The fraction of sp³-hybridized carbons (Fsp3) is 0.147. The number of nitro groups is 1. The number of imide groups is 1. The second-order valence-corrected chi connectivity index (χ2v) is 10.4. The lowest BCUT2D eigenvalue weighted by Gasteiger charge is -2.28. The highest BCUT2D eigenvalue weighted by molar-refractivity contribution is 6.23. The van der Waals surface area contributed by atoms with Crippen LogP contribution < -0.4 is 0 Å². The molecule has 1 saturated heterocycles. The number of fused-ring (bicyclic) bond motifs is 1. The first-order chi connectivity index (χ1) is 22.7. The fourth-order valence-electron chi connectivity index (χ4n) is 5.33. The molecule has 2 heterocycles. The van der Waals surface area contributed by atoms with E-state index in [1.807, 2.05) is 0 Å². The van der Waals surface area contributed by atoms with Gasteiger partial charge in [-0.25, -0.2) is 19.3 Å². The van der Waals surface area contributed by atoms with Gasteiger partial charge in [-0.15, -0.1) is 0 Å². The lowest BCUT2D eigenvalue weighted by molar-refractivity contribution is -0.385. The minimum Gasteiger partial charge on any atom is -0.459 e. The smallest absolute Gasteiger partial charge is 0.338 e. The largest absolute Gasteiger partial charge is 0.459 e. The van der Waals surface area contributed by atoms with E-state index in [0.717, 1.165) is 6.07 Å². The summed E-state index contributed by atoms with van der Waals surface area (Å²) >= 11 is 0. The molecule has 0 radical (unpaired) electrons. The van der Waals surface area contributed by atoms with Crippen molar-refractivity contribution < 1.29 is 47.8 Å². The van der Waals surface area contributed by atoms with Gasteiger partial charge in [0.1, 0.15) is 18.3 Å². The molecule has 4 atom stereocenters. The molecule has 4 aromatic carbocycles. The van der Waals surface area contributed by atoms with Gasteiger partial charge in [-0.3, -0.25) is 19.7 Å². The van der Waals surface area contributed by atoms with Crippen LogP contribution in [0.2, 0.25) is 0 Å². The number of carbonyl (C=O) groups is 5. The molecule has 0 saturated carbocycles. The fourth-order valence-corrected chi connectivity index (χ4v) is 5.33. The highest BCUT2D eigenvalue weighted by Crippen LogP contribution is 2.38. The summed E-state index contributed by atoms with van der Waals surface area (Å²) in [7, 11) is 0. The molecule has 6 rings (SSSR count). The standard InChI is InChI=1S/C34H24N2O11/c37-29-23-17-10-18-24(36(42)43)26(23)30(38)35(29)31-28(47-34(41)22-15-8-3-9-16-22)27(46-33(40)21-13-6-2-7-14-21)25(45-31)19-44-32(39)20-11-4-1-5-12-20/h1-18,25,27-28,31H,19H2/t25-,27-,28-,31-/m1/s1. The predicted molar refractivity (Wildman–Crippen MR) is 160 cm³/mol. The van der Waals surface area contributed by atoms with Crippen LogP contribution >= 0.6 is 0 Å². The maximum Gasteiger partial charge on any atom is 0.338 e. The minimum atomic E-state index is -1.75. The molecule has 0 aliphatic carbocycles. The summed E-state index contributed by atoms with van der Waals surface area (Å²) in [5.74, 6) is -4.57. The molecule has 0 unspecified atom stereocenters. The topological polar surface area (TPSA) is 169 Å². The molecule has 13 nitrogen and oxygen atoms in total. The van der Waals surface area contributed by atoms with Gasteiger partial charge in [-0.1, -0.05) is 60.7 Å². The van der Waals surface area contributed by atoms with Gasteiger partial charge in [-0.2, -0.15) is 0 Å². The third-order valence-electron chi connectivity index (χ3n) is 7.55. The molecule has 2 aliphatic rings. The summed E-state index contributed by atoms with van der Waals surface area (Å²) in [4.78, 5) is 78.4. The Labute approximate surface area is 266 Å². The molecule has 0 aromatic heterocycles. The number of nitro benzene ring substituents is 1. The Balaban J connectivity index is 1.39. The summed E-state index contributed by atoms with van der Waals surface area (Å²) in [5.41, 5.74) is -0.926. The highest BCUT2D eigenvalue weighted by atomic mass is 16.7. The third kappa shape index (κ3) is 6.07. The molecule has 1 fully saturated rings. The van der Waals surface area contributed by atoms with E-state index in [1.54, 1.807) is 54.6 Å². The Morgan fingerprint density at radius 2 is 1.19 bits per heavy atom. The maximum absolute atomic E-state index is 13.7. The number of nitrogens with zero attached hydrogens (tertiary/aromatic N) is 2. The quantitative estimate of drug-likeness (QED) is 0.0848. The van der Waals surface area contributed by atoms with Crippen molar-refractivity contribution in [2.24, 2.45) is 0 Å². The second kappa shape index (κ2) is 13.0. The van der Waals surface area contributed by atoms with Crippen molar-refractivity contribution in [2.75, 3.05) is 6.61 Å². The van der Waals surface area contributed by atoms with E-state index in [0.29, 0.717) is 4.90 Å². The first kappa shape index (κ1) is 30.8. The van der Waals surface area contributed by atoms with E-state index < -0.39 is 77.0 Å². The second-order valence-electron chi connectivity index (χ2n) is 10.4. The molecule has 0 bridgehead atoms. The van der Waals surface area contributed by atoms with Gasteiger partial charge < -0.3 is 18.9 Å². The van der Waals surface area contributed by atoms with Gasteiger partial charge in [0, 0.05) is 6.07 Å². The summed E-state index contributed by atoms with van der Waals surface area (Å²) in [6.45, 7) is -0.556. The van der Waals surface area contributed by atoms with Crippen LogP contribution in [0, 0.1) is 10.1 Å². The van der Waals surface area contributed by atoms with Gasteiger partial charge in [0.25, 0.3) is 17.5 Å². The lowest BCUT2D eigenvalue weighted by atomic mass is 10.1. The lowest BCUT2D eigenvalue weighted by Crippen LogP contribution is -2.50. The van der Waals surface area contributed by atoms with Crippen LogP contribution in [-0.2, 0) is 18.9 Å². The van der Waals surface area contributed by atoms with Crippen molar-refractivity contribution in [3.63, 3.8) is 0 Å². The van der Waals surface area contributed by atoms with Gasteiger partial charge in [0.15, 0.2) is 18.4 Å². The van der Waals surface area contributed by atoms with E-state index in [4.69, 9.17) is 18.9 Å². The molecule has 13 heteroatoms. The van der Waals surface area contributed by atoms with Gasteiger partial charge in [0.05, 0.1) is 27.2 Å². The highest BCUT2D eigenvalue weighted by Gasteiger charge is 2.57.